The van der Waals surface area contributed by atoms with Gasteiger partial charge in [0.15, 0.2) is 0 Å². The fraction of sp³-hybridized carbons (Fsp3) is 0.176. The first-order valence-electron chi connectivity index (χ1n) is 6.89. The van der Waals surface area contributed by atoms with Crippen molar-refractivity contribution in [3.8, 4) is 17.1 Å². The van der Waals surface area contributed by atoms with Crippen LogP contribution in [0.5, 0.6) is 5.88 Å². The molecule has 0 radical (unpaired) electrons. The van der Waals surface area contributed by atoms with Gasteiger partial charge in [-0.05, 0) is 31.5 Å². The van der Waals surface area contributed by atoms with Gasteiger partial charge in [-0.3, -0.25) is 0 Å². The zero-order chi connectivity index (χ0) is 14.7. The first-order chi connectivity index (χ1) is 10.2. The zero-order valence-electron chi connectivity index (χ0n) is 12.1. The molecule has 3 aromatic rings. The van der Waals surface area contributed by atoms with E-state index in [9.17, 15) is 0 Å². The Morgan fingerprint density at radius 2 is 1.86 bits per heavy atom. The molecule has 4 heteroatoms. The molecule has 0 atom stereocenters. The number of aromatic nitrogens is 3. The fourth-order valence-electron chi connectivity index (χ4n) is 2.13. The molecule has 0 spiro atoms. The molecule has 0 aliphatic rings. The predicted molar refractivity (Wildman–Crippen MR) is 82.1 cm³/mol. The van der Waals surface area contributed by atoms with Crippen molar-refractivity contribution in [1.29, 1.82) is 0 Å². The number of H-pyrrole nitrogens is 1. The second kappa shape index (κ2) is 5.79. The number of rotatable bonds is 4. The lowest BCUT2D eigenvalue weighted by atomic mass is 10.2. The minimum atomic E-state index is 0.497. The number of hydrogen-bond acceptors (Lipinski definition) is 3. The van der Waals surface area contributed by atoms with E-state index in [-0.39, 0.29) is 0 Å². The van der Waals surface area contributed by atoms with E-state index < -0.39 is 0 Å². The van der Waals surface area contributed by atoms with Crippen LogP contribution in [0.1, 0.15) is 17.1 Å². The third-order valence-electron chi connectivity index (χ3n) is 3.21. The lowest BCUT2D eigenvalue weighted by Gasteiger charge is -2.10. The average Bonchev–Trinajstić information content (AvgIpc) is 2.93. The maximum Gasteiger partial charge on any atom is 0.223 e. The Hall–Kier alpha value is -2.62. The van der Waals surface area contributed by atoms with Crippen LogP contribution >= 0.6 is 0 Å². The number of imidazole rings is 1. The molecule has 1 aromatic carbocycles. The first-order valence-corrected chi connectivity index (χ1v) is 6.89. The Labute approximate surface area is 123 Å². The van der Waals surface area contributed by atoms with Crippen molar-refractivity contribution in [1.82, 2.24) is 15.0 Å². The van der Waals surface area contributed by atoms with Crippen molar-refractivity contribution < 1.29 is 4.74 Å². The highest BCUT2D eigenvalue weighted by Crippen LogP contribution is 2.27. The quantitative estimate of drug-likeness (QED) is 0.792. The Morgan fingerprint density at radius 3 is 2.57 bits per heavy atom. The molecule has 4 nitrogen and oxygen atoms in total. The number of nitrogens with zero attached hydrogens (tertiary/aromatic N) is 2. The van der Waals surface area contributed by atoms with Crippen molar-refractivity contribution in [2.75, 3.05) is 0 Å². The summed E-state index contributed by atoms with van der Waals surface area (Å²) >= 11 is 0. The van der Waals surface area contributed by atoms with Crippen molar-refractivity contribution in [3.63, 3.8) is 0 Å². The smallest absolute Gasteiger partial charge is 0.223 e. The third kappa shape index (κ3) is 3.11. The summed E-state index contributed by atoms with van der Waals surface area (Å²) in [4.78, 5) is 12.0. The lowest BCUT2D eigenvalue weighted by molar-refractivity contribution is 0.294. The van der Waals surface area contributed by atoms with Crippen LogP contribution < -0.4 is 4.74 Å². The molecule has 0 saturated carbocycles. The minimum absolute atomic E-state index is 0.497. The number of hydrogen-bond donors (Lipinski definition) is 1. The summed E-state index contributed by atoms with van der Waals surface area (Å²) in [5, 5.41) is 0. The van der Waals surface area contributed by atoms with Crippen molar-refractivity contribution in [3.05, 3.63) is 65.7 Å². The predicted octanol–water partition coefficient (Wildman–Crippen LogP) is 3.67. The SMILES string of the molecule is Cc1ccc(-c2cnc(C)[nH]2)c(OCc2ccccc2)n1. The van der Waals surface area contributed by atoms with Crippen molar-refractivity contribution in [2.24, 2.45) is 0 Å². The second-order valence-corrected chi connectivity index (χ2v) is 4.96. The average molecular weight is 279 g/mol. The Morgan fingerprint density at radius 1 is 1.05 bits per heavy atom. The molecular formula is C17H17N3O. The molecule has 1 N–H and O–H groups in total. The molecular weight excluding hydrogens is 262 g/mol. The monoisotopic (exact) mass is 279 g/mol. The van der Waals surface area contributed by atoms with Gasteiger partial charge in [-0.25, -0.2) is 9.97 Å². The van der Waals surface area contributed by atoms with E-state index in [1.807, 2.05) is 56.3 Å². The number of ether oxygens (including phenoxy) is 1. The third-order valence-corrected chi connectivity index (χ3v) is 3.21. The minimum Gasteiger partial charge on any atom is -0.472 e. The number of pyridine rings is 1. The summed E-state index contributed by atoms with van der Waals surface area (Å²) in [6.45, 7) is 4.38. The second-order valence-electron chi connectivity index (χ2n) is 4.96. The largest absolute Gasteiger partial charge is 0.472 e. The highest BCUT2D eigenvalue weighted by Gasteiger charge is 2.11. The Kier molecular flexibility index (Phi) is 3.69. The Bertz CT molecular complexity index is 735. The summed E-state index contributed by atoms with van der Waals surface area (Å²) < 4.78 is 5.91. The van der Waals surface area contributed by atoms with Gasteiger partial charge >= 0.3 is 0 Å². The molecule has 0 unspecified atom stereocenters. The van der Waals surface area contributed by atoms with Gasteiger partial charge in [0.25, 0.3) is 0 Å². The van der Waals surface area contributed by atoms with Gasteiger partial charge in [0.05, 0.1) is 17.5 Å². The molecule has 3 rings (SSSR count). The summed E-state index contributed by atoms with van der Waals surface area (Å²) in [6, 6.07) is 14.1. The van der Waals surface area contributed by atoms with Gasteiger partial charge in [0, 0.05) is 5.69 Å². The maximum absolute atomic E-state index is 5.91. The van der Waals surface area contributed by atoms with Gasteiger partial charge in [-0.15, -0.1) is 0 Å². The Balaban J connectivity index is 1.88. The van der Waals surface area contributed by atoms with E-state index in [0.717, 1.165) is 28.3 Å². The van der Waals surface area contributed by atoms with E-state index in [2.05, 4.69) is 15.0 Å². The van der Waals surface area contributed by atoms with Crippen LogP contribution in [0.3, 0.4) is 0 Å². The lowest BCUT2D eigenvalue weighted by Crippen LogP contribution is -2.00. The van der Waals surface area contributed by atoms with Gasteiger partial charge in [-0.2, -0.15) is 0 Å². The van der Waals surface area contributed by atoms with Gasteiger partial charge in [-0.1, -0.05) is 30.3 Å². The van der Waals surface area contributed by atoms with Gasteiger partial charge in [0.2, 0.25) is 5.88 Å². The zero-order valence-corrected chi connectivity index (χ0v) is 12.1. The fourth-order valence-corrected chi connectivity index (χ4v) is 2.13. The van der Waals surface area contributed by atoms with Crippen LogP contribution in [0.2, 0.25) is 0 Å². The van der Waals surface area contributed by atoms with Crippen LogP contribution in [-0.2, 0) is 6.61 Å². The van der Waals surface area contributed by atoms with Crippen LogP contribution in [0, 0.1) is 13.8 Å². The standard InChI is InChI=1S/C17H17N3O/c1-12-8-9-15(16-10-18-13(2)20-16)17(19-12)21-11-14-6-4-3-5-7-14/h3-10H,11H2,1-2H3,(H,18,20). The molecule has 0 fully saturated rings. The van der Waals surface area contributed by atoms with Crippen LogP contribution in [0.15, 0.2) is 48.7 Å². The summed E-state index contributed by atoms with van der Waals surface area (Å²) in [5.41, 5.74) is 3.89. The molecule has 21 heavy (non-hydrogen) atoms. The van der Waals surface area contributed by atoms with Crippen LogP contribution in [0.25, 0.3) is 11.3 Å². The maximum atomic E-state index is 5.91. The highest BCUT2D eigenvalue weighted by molar-refractivity contribution is 5.64. The summed E-state index contributed by atoms with van der Waals surface area (Å²) in [7, 11) is 0. The molecule has 0 bridgehead atoms. The number of benzene rings is 1. The van der Waals surface area contributed by atoms with Gasteiger partial charge in [0.1, 0.15) is 12.4 Å². The molecule has 0 aliphatic heterocycles. The number of aryl methyl sites for hydroxylation is 2. The van der Waals surface area contributed by atoms with Crippen LogP contribution in [-0.4, -0.2) is 15.0 Å². The van der Waals surface area contributed by atoms with Crippen molar-refractivity contribution in [2.45, 2.75) is 20.5 Å². The van der Waals surface area contributed by atoms with Crippen LogP contribution in [0.4, 0.5) is 0 Å². The molecule has 2 aromatic heterocycles. The molecule has 106 valence electrons. The van der Waals surface area contributed by atoms with E-state index in [0.29, 0.717) is 12.5 Å². The van der Waals surface area contributed by atoms with E-state index in [1.54, 1.807) is 6.20 Å². The van der Waals surface area contributed by atoms with Crippen molar-refractivity contribution >= 4 is 0 Å². The molecule has 0 saturated heterocycles. The number of nitrogens with one attached hydrogen (secondary N) is 1. The van der Waals surface area contributed by atoms with E-state index in [4.69, 9.17) is 4.74 Å². The normalized spacial score (nSPS) is 10.6. The summed E-state index contributed by atoms with van der Waals surface area (Å²) in [5.74, 6) is 1.50. The highest BCUT2D eigenvalue weighted by atomic mass is 16.5. The van der Waals surface area contributed by atoms with Gasteiger partial charge < -0.3 is 9.72 Å². The molecule has 2 heterocycles. The molecule has 0 aliphatic carbocycles. The molecule has 0 amide bonds. The van der Waals surface area contributed by atoms with E-state index in [1.165, 1.54) is 0 Å². The van der Waals surface area contributed by atoms with E-state index >= 15 is 0 Å². The summed E-state index contributed by atoms with van der Waals surface area (Å²) in [6.07, 6.45) is 1.80. The topological polar surface area (TPSA) is 50.8 Å². The number of aromatic amines is 1. The first kappa shape index (κ1) is 13.4.